The molecule has 0 amide bonds. The first kappa shape index (κ1) is 11.1. The van der Waals surface area contributed by atoms with Crippen LogP contribution in [-0.4, -0.2) is 12.2 Å². The maximum atomic E-state index is 9.85. The lowest BCUT2D eigenvalue weighted by atomic mass is 9.65. The van der Waals surface area contributed by atoms with Crippen molar-refractivity contribution in [1.29, 1.82) is 5.26 Å². The third kappa shape index (κ3) is 1.42. The summed E-state index contributed by atoms with van der Waals surface area (Å²) in [6, 6.07) is 5.39. The number of hydrogen-bond acceptors (Lipinski definition) is 3. The Kier molecular flexibility index (Phi) is 2.69. The number of phenolic OH excluding ortho intramolecular Hbond substituents is 1. The van der Waals surface area contributed by atoms with E-state index in [-0.39, 0.29) is 5.75 Å². The van der Waals surface area contributed by atoms with Crippen LogP contribution in [-0.2, 0) is 5.41 Å². The minimum atomic E-state index is -0.629. The SMILES string of the molecule is COc1ccc(O)c(C2(C#N)CCC2)c1Cl. The highest BCUT2D eigenvalue weighted by molar-refractivity contribution is 6.33. The Morgan fingerprint density at radius 2 is 2.19 bits per heavy atom. The van der Waals surface area contributed by atoms with E-state index in [4.69, 9.17) is 16.3 Å². The second-order valence-corrected chi connectivity index (χ2v) is 4.40. The van der Waals surface area contributed by atoms with Crippen molar-refractivity contribution in [3.8, 4) is 17.6 Å². The maximum Gasteiger partial charge on any atom is 0.138 e. The molecule has 0 aromatic heterocycles. The standard InChI is InChI=1S/C12H12ClNO2/c1-16-9-4-3-8(15)10(11(9)13)12(7-14)5-2-6-12/h3-4,15H,2,5-6H2,1H3. The Hall–Kier alpha value is -1.40. The smallest absolute Gasteiger partial charge is 0.138 e. The van der Waals surface area contributed by atoms with Gasteiger partial charge in [0.15, 0.2) is 0 Å². The average Bonchev–Trinajstić information content (AvgIpc) is 2.22. The van der Waals surface area contributed by atoms with Gasteiger partial charge in [-0.3, -0.25) is 0 Å². The fraction of sp³-hybridized carbons (Fsp3) is 0.417. The van der Waals surface area contributed by atoms with Gasteiger partial charge < -0.3 is 9.84 Å². The van der Waals surface area contributed by atoms with Gasteiger partial charge in [-0.1, -0.05) is 11.6 Å². The first-order valence-electron chi connectivity index (χ1n) is 5.12. The molecule has 0 spiro atoms. The van der Waals surface area contributed by atoms with Crippen LogP contribution in [0.1, 0.15) is 24.8 Å². The lowest BCUT2D eigenvalue weighted by Crippen LogP contribution is -2.32. The van der Waals surface area contributed by atoms with Crippen LogP contribution >= 0.6 is 11.6 Å². The predicted molar refractivity (Wildman–Crippen MR) is 60.8 cm³/mol. The molecule has 84 valence electrons. The molecule has 1 aromatic rings. The van der Waals surface area contributed by atoms with E-state index in [2.05, 4.69) is 6.07 Å². The zero-order chi connectivity index (χ0) is 11.8. The van der Waals surface area contributed by atoms with E-state index < -0.39 is 5.41 Å². The van der Waals surface area contributed by atoms with Gasteiger partial charge in [-0.25, -0.2) is 0 Å². The first-order chi connectivity index (χ1) is 7.64. The van der Waals surface area contributed by atoms with Crippen LogP contribution in [0.4, 0.5) is 0 Å². The van der Waals surface area contributed by atoms with Gasteiger partial charge in [-0.05, 0) is 31.4 Å². The number of hydrogen-bond donors (Lipinski definition) is 1. The van der Waals surface area contributed by atoms with Gasteiger partial charge in [-0.2, -0.15) is 5.26 Å². The summed E-state index contributed by atoms with van der Waals surface area (Å²) in [7, 11) is 1.52. The van der Waals surface area contributed by atoms with Crippen LogP contribution in [0.15, 0.2) is 12.1 Å². The minimum Gasteiger partial charge on any atom is -0.508 e. The van der Waals surface area contributed by atoms with Gasteiger partial charge in [0.25, 0.3) is 0 Å². The van der Waals surface area contributed by atoms with E-state index in [0.29, 0.717) is 16.3 Å². The molecule has 2 rings (SSSR count). The molecular formula is C12H12ClNO2. The number of methoxy groups -OCH3 is 1. The summed E-state index contributed by atoms with van der Waals surface area (Å²) in [5.41, 5.74) is -0.113. The van der Waals surface area contributed by atoms with Crippen LogP contribution in [0.2, 0.25) is 5.02 Å². The van der Waals surface area contributed by atoms with Gasteiger partial charge in [0.05, 0.1) is 23.6 Å². The highest BCUT2D eigenvalue weighted by Gasteiger charge is 2.43. The molecule has 1 saturated carbocycles. The highest BCUT2D eigenvalue weighted by atomic mass is 35.5. The number of benzene rings is 1. The molecule has 0 atom stereocenters. The molecular weight excluding hydrogens is 226 g/mol. The van der Waals surface area contributed by atoms with E-state index in [1.54, 1.807) is 6.07 Å². The fourth-order valence-corrected chi connectivity index (χ4v) is 2.53. The van der Waals surface area contributed by atoms with E-state index >= 15 is 0 Å². The van der Waals surface area contributed by atoms with Crippen LogP contribution in [0, 0.1) is 11.3 Å². The highest BCUT2D eigenvalue weighted by Crippen LogP contribution is 2.51. The fourth-order valence-electron chi connectivity index (χ4n) is 2.11. The van der Waals surface area contributed by atoms with Gasteiger partial charge in [0.2, 0.25) is 0 Å². The quantitative estimate of drug-likeness (QED) is 0.860. The van der Waals surface area contributed by atoms with Crippen molar-refractivity contribution in [3.63, 3.8) is 0 Å². The average molecular weight is 238 g/mol. The largest absolute Gasteiger partial charge is 0.508 e. The van der Waals surface area contributed by atoms with Gasteiger partial charge >= 0.3 is 0 Å². The molecule has 1 fully saturated rings. The molecule has 1 aromatic carbocycles. The van der Waals surface area contributed by atoms with Crippen molar-refractivity contribution in [3.05, 3.63) is 22.7 Å². The summed E-state index contributed by atoms with van der Waals surface area (Å²) in [6.45, 7) is 0. The summed E-state index contributed by atoms with van der Waals surface area (Å²) in [6.07, 6.45) is 2.47. The van der Waals surface area contributed by atoms with Crippen molar-refractivity contribution in [2.75, 3.05) is 7.11 Å². The van der Waals surface area contributed by atoms with E-state index in [9.17, 15) is 10.4 Å². The van der Waals surface area contributed by atoms with Crippen molar-refractivity contribution < 1.29 is 9.84 Å². The molecule has 1 N–H and O–H groups in total. The Bertz CT molecular complexity index is 461. The summed E-state index contributed by atoms with van der Waals surface area (Å²) in [5.74, 6) is 0.572. The Balaban J connectivity index is 2.60. The monoisotopic (exact) mass is 237 g/mol. The molecule has 0 aliphatic heterocycles. The summed E-state index contributed by atoms with van der Waals surface area (Å²) >= 11 is 6.15. The van der Waals surface area contributed by atoms with Crippen LogP contribution < -0.4 is 4.74 Å². The normalized spacial score (nSPS) is 17.3. The van der Waals surface area contributed by atoms with E-state index in [1.165, 1.54) is 13.2 Å². The number of halogens is 1. The summed E-state index contributed by atoms with van der Waals surface area (Å²) in [5, 5.41) is 19.4. The van der Waals surface area contributed by atoms with Crippen molar-refractivity contribution in [1.82, 2.24) is 0 Å². The number of phenols is 1. The molecule has 1 aliphatic carbocycles. The lowest BCUT2D eigenvalue weighted by Gasteiger charge is -2.36. The van der Waals surface area contributed by atoms with Crippen molar-refractivity contribution in [2.24, 2.45) is 0 Å². The van der Waals surface area contributed by atoms with Gasteiger partial charge in [0, 0.05) is 5.56 Å². The number of aromatic hydroxyl groups is 1. The zero-order valence-electron chi connectivity index (χ0n) is 8.96. The second kappa shape index (κ2) is 3.88. The summed E-state index contributed by atoms with van der Waals surface area (Å²) in [4.78, 5) is 0. The Morgan fingerprint density at radius 1 is 1.50 bits per heavy atom. The molecule has 0 bridgehead atoms. The van der Waals surface area contributed by atoms with E-state index in [1.807, 2.05) is 0 Å². The molecule has 3 nitrogen and oxygen atoms in total. The van der Waals surface area contributed by atoms with Crippen LogP contribution in [0.25, 0.3) is 0 Å². The number of nitrogens with zero attached hydrogens (tertiary/aromatic N) is 1. The number of nitriles is 1. The Labute approximate surface area is 99.2 Å². The second-order valence-electron chi connectivity index (χ2n) is 4.02. The zero-order valence-corrected chi connectivity index (χ0v) is 9.71. The number of rotatable bonds is 2. The minimum absolute atomic E-state index is 0.0760. The van der Waals surface area contributed by atoms with Crippen LogP contribution in [0.3, 0.4) is 0 Å². The van der Waals surface area contributed by atoms with E-state index in [0.717, 1.165) is 19.3 Å². The van der Waals surface area contributed by atoms with Crippen LogP contribution in [0.5, 0.6) is 11.5 Å². The molecule has 4 heteroatoms. The molecule has 0 unspecified atom stereocenters. The first-order valence-corrected chi connectivity index (χ1v) is 5.49. The van der Waals surface area contributed by atoms with Gasteiger partial charge in [-0.15, -0.1) is 0 Å². The molecule has 0 saturated heterocycles. The molecule has 16 heavy (non-hydrogen) atoms. The molecule has 0 heterocycles. The third-order valence-electron chi connectivity index (χ3n) is 3.20. The summed E-state index contributed by atoms with van der Waals surface area (Å²) < 4.78 is 5.10. The Morgan fingerprint density at radius 3 is 2.62 bits per heavy atom. The number of ether oxygens (including phenoxy) is 1. The van der Waals surface area contributed by atoms with Crippen molar-refractivity contribution in [2.45, 2.75) is 24.7 Å². The lowest BCUT2D eigenvalue weighted by molar-refractivity contribution is 0.309. The topological polar surface area (TPSA) is 53.2 Å². The van der Waals surface area contributed by atoms with Crippen molar-refractivity contribution >= 4 is 11.6 Å². The van der Waals surface area contributed by atoms with Gasteiger partial charge in [0.1, 0.15) is 11.5 Å². The third-order valence-corrected chi connectivity index (χ3v) is 3.58. The maximum absolute atomic E-state index is 9.85. The molecule has 0 radical (unpaired) electrons. The predicted octanol–water partition coefficient (Wildman–Crippen LogP) is 3.00. The molecule has 1 aliphatic rings.